The van der Waals surface area contributed by atoms with E-state index in [9.17, 15) is 14.7 Å². The van der Waals surface area contributed by atoms with Crippen LogP contribution < -0.4 is 10.9 Å². The summed E-state index contributed by atoms with van der Waals surface area (Å²) in [7, 11) is 0. The van der Waals surface area contributed by atoms with Crippen molar-refractivity contribution in [1.29, 1.82) is 0 Å². The van der Waals surface area contributed by atoms with Crippen molar-refractivity contribution in [3.8, 4) is 5.75 Å². The molecule has 0 unspecified atom stereocenters. The van der Waals surface area contributed by atoms with Gasteiger partial charge in [0, 0.05) is 18.0 Å². The Bertz CT molecular complexity index is 808. The van der Waals surface area contributed by atoms with Gasteiger partial charge in [-0.3, -0.25) is 9.59 Å². The Hall–Kier alpha value is -2.30. The molecule has 1 aromatic heterocycles. The zero-order valence-corrected chi connectivity index (χ0v) is 12.8. The first kappa shape index (κ1) is 14.6. The van der Waals surface area contributed by atoms with E-state index in [4.69, 9.17) is 0 Å². The van der Waals surface area contributed by atoms with Gasteiger partial charge in [0.2, 0.25) is 0 Å². The average Bonchev–Trinajstić information content (AvgIpc) is 2.52. The second kappa shape index (κ2) is 5.48. The Balaban J connectivity index is 2.25. The van der Waals surface area contributed by atoms with Crippen LogP contribution in [-0.2, 0) is 13.0 Å². The maximum absolute atomic E-state index is 12.7. The van der Waals surface area contributed by atoms with Crippen molar-refractivity contribution >= 4 is 16.8 Å². The summed E-state index contributed by atoms with van der Waals surface area (Å²) in [5.74, 6) is -0.709. The standard InChI is InChI=1S/C17H20N2O3/c1-3-10(2)18-16(21)13-15(20)12-8-4-6-11-7-5-9-19(14(11)12)17(13)22/h4,6,8,10,20H,3,5,7,9H2,1-2H3,(H,18,21)/t10-/m0/s1. The number of nitrogens with one attached hydrogen (secondary N) is 1. The molecule has 1 atom stereocenters. The van der Waals surface area contributed by atoms with Crippen LogP contribution in [0.15, 0.2) is 23.0 Å². The van der Waals surface area contributed by atoms with E-state index in [0.717, 1.165) is 30.3 Å². The first-order chi connectivity index (χ1) is 10.5. The summed E-state index contributed by atoms with van der Waals surface area (Å²) in [6.07, 6.45) is 2.51. The van der Waals surface area contributed by atoms with Gasteiger partial charge in [0.15, 0.2) is 0 Å². The number of benzene rings is 1. The Morgan fingerprint density at radius 3 is 2.95 bits per heavy atom. The fourth-order valence-electron chi connectivity index (χ4n) is 3.02. The molecule has 0 saturated carbocycles. The van der Waals surface area contributed by atoms with Crippen LogP contribution in [0.1, 0.15) is 42.6 Å². The highest BCUT2D eigenvalue weighted by Gasteiger charge is 2.25. The van der Waals surface area contributed by atoms with Gasteiger partial charge >= 0.3 is 0 Å². The third-order valence-corrected chi connectivity index (χ3v) is 4.39. The second-order valence-corrected chi connectivity index (χ2v) is 5.88. The highest BCUT2D eigenvalue weighted by molar-refractivity contribution is 6.03. The number of hydrogen-bond donors (Lipinski definition) is 2. The third-order valence-electron chi connectivity index (χ3n) is 4.39. The summed E-state index contributed by atoms with van der Waals surface area (Å²) in [5, 5.41) is 13.8. The highest BCUT2D eigenvalue weighted by atomic mass is 16.3. The number of pyridine rings is 1. The zero-order valence-electron chi connectivity index (χ0n) is 12.8. The number of carbonyl (C=O) groups excluding carboxylic acids is 1. The number of amides is 1. The molecule has 22 heavy (non-hydrogen) atoms. The third kappa shape index (κ3) is 2.17. The number of aromatic nitrogens is 1. The van der Waals surface area contributed by atoms with Gasteiger partial charge in [-0.05, 0) is 37.8 Å². The molecule has 116 valence electrons. The van der Waals surface area contributed by atoms with Crippen molar-refractivity contribution in [3.05, 3.63) is 39.7 Å². The molecule has 2 N–H and O–H groups in total. The van der Waals surface area contributed by atoms with Crippen molar-refractivity contribution < 1.29 is 9.90 Å². The number of para-hydroxylation sites is 1. The average molecular weight is 300 g/mol. The molecule has 2 aromatic rings. The number of hydrogen-bond acceptors (Lipinski definition) is 3. The van der Waals surface area contributed by atoms with Gasteiger partial charge in [-0.2, -0.15) is 0 Å². The second-order valence-electron chi connectivity index (χ2n) is 5.88. The maximum Gasteiger partial charge on any atom is 0.267 e. The summed E-state index contributed by atoms with van der Waals surface area (Å²) in [6.45, 7) is 4.40. The largest absolute Gasteiger partial charge is 0.506 e. The summed E-state index contributed by atoms with van der Waals surface area (Å²) < 4.78 is 1.62. The molecule has 3 rings (SSSR count). The lowest BCUT2D eigenvalue weighted by molar-refractivity contribution is 0.0934. The van der Waals surface area contributed by atoms with Crippen molar-refractivity contribution in [2.45, 2.75) is 45.7 Å². The van der Waals surface area contributed by atoms with Crippen LogP contribution in [-0.4, -0.2) is 21.6 Å². The first-order valence-corrected chi connectivity index (χ1v) is 7.72. The SMILES string of the molecule is CC[C@H](C)NC(=O)c1c(O)c2cccc3c2n(c1=O)CCC3. The number of rotatable bonds is 3. The molecule has 0 radical (unpaired) electrons. The van der Waals surface area contributed by atoms with Crippen molar-refractivity contribution in [3.63, 3.8) is 0 Å². The van der Waals surface area contributed by atoms with Crippen molar-refractivity contribution in [2.75, 3.05) is 0 Å². The van der Waals surface area contributed by atoms with E-state index in [0.29, 0.717) is 11.9 Å². The van der Waals surface area contributed by atoms with E-state index in [1.165, 1.54) is 0 Å². The Labute approximate surface area is 128 Å². The van der Waals surface area contributed by atoms with Gasteiger partial charge in [0.05, 0.1) is 5.52 Å². The first-order valence-electron chi connectivity index (χ1n) is 7.72. The van der Waals surface area contributed by atoms with E-state index in [-0.39, 0.29) is 17.4 Å². The quantitative estimate of drug-likeness (QED) is 0.912. The maximum atomic E-state index is 12.7. The molecular weight excluding hydrogens is 280 g/mol. The van der Waals surface area contributed by atoms with Crippen LogP contribution in [0.3, 0.4) is 0 Å². The van der Waals surface area contributed by atoms with E-state index >= 15 is 0 Å². The molecule has 5 nitrogen and oxygen atoms in total. The number of aryl methyl sites for hydroxylation is 2. The molecule has 0 spiro atoms. The lowest BCUT2D eigenvalue weighted by Crippen LogP contribution is -2.38. The van der Waals surface area contributed by atoms with E-state index in [1.807, 2.05) is 26.0 Å². The molecular formula is C17H20N2O3. The molecule has 1 aliphatic rings. The highest BCUT2D eigenvalue weighted by Crippen LogP contribution is 2.31. The summed E-state index contributed by atoms with van der Waals surface area (Å²) in [5.41, 5.74) is 1.26. The number of carbonyl (C=O) groups is 1. The van der Waals surface area contributed by atoms with Crippen LogP contribution in [0.5, 0.6) is 5.75 Å². The molecule has 0 bridgehead atoms. The Kier molecular flexibility index (Phi) is 3.64. The minimum atomic E-state index is -0.501. The van der Waals surface area contributed by atoms with Crippen LogP contribution in [0.4, 0.5) is 0 Å². The molecule has 0 aliphatic carbocycles. The predicted molar refractivity (Wildman–Crippen MR) is 85.4 cm³/mol. The van der Waals surface area contributed by atoms with Crippen LogP contribution in [0.2, 0.25) is 0 Å². The normalized spacial score (nSPS) is 14.8. The van der Waals surface area contributed by atoms with Gasteiger partial charge in [-0.25, -0.2) is 0 Å². The van der Waals surface area contributed by atoms with Crippen LogP contribution >= 0.6 is 0 Å². The smallest absolute Gasteiger partial charge is 0.267 e. The number of nitrogens with zero attached hydrogens (tertiary/aromatic N) is 1. The van der Waals surface area contributed by atoms with E-state index in [1.54, 1.807) is 10.6 Å². The lowest BCUT2D eigenvalue weighted by atomic mass is 9.99. The minimum absolute atomic E-state index is 0.0466. The van der Waals surface area contributed by atoms with Gasteiger partial charge in [0.25, 0.3) is 11.5 Å². The number of aromatic hydroxyl groups is 1. The molecule has 0 fully saturated rings. The summed E-state index contributed by atoms with van der Waals surface area (Å²) in [6, 6.07) is 5.54. The Morgan fingerprint density at radius 1 is 1.45 bits per heavy atom. The summed E-state index contributed by atoms with van der Waals surface area (Å²) in [4.78, 5) is 25.1. The fraction of sp³-hybridized carbons (Fsp3) is 0.412. The summed E-state index contributed by atoms with van der Waals surface area (Å²) >= 11 is 0. The van der Waals surface area contributed by atoms with Gasteiger partial charge in [-0.15, -0.1) is 0 Å². The Morgan fingerprint density at radius 2 is 2.23 bits per heavy atom. The van der Waals surface area contributed by atoms with Crippen LogP contribution in [0.25, 0.3) is 10.9 Å². The van der Waals surface area contributed by atoms with Gasteiger partial charge < -0.3 is 15.0 Å². The van der Waals surface area contributed by atoms with Gasteiger partial charge in [0.1, 0.15) is 11.3 Å². The molecule has 1 aliphatic heterocycles. The topological polar surface area (TPSA) is 71.3 Å². The van der Waals surface area contributed by atoms with E-state index in [2.05, 4.69) is 5.32 Å². The van der Waals surface area contributed by atoms with Crippen LogP contribution in [0, 0.1) is 0 Å². The molecule has 1 amide bonds. The minimum Gasteiger partial charge on any atom is -0.506 e. The fourth-order valence-corrected chi connectivity index (χ4v) is 3.02. The molecule has 5 heteroatoms. The van der Waals surface area contributed by atoms with Crippen molar-refractivity contribution in [1.82, 2.24) is 9.88 Å². The molecule has 0 saturated heterocycles. The lowest BCUT2D eigenvalue weighted by Gasteiger charge is -2.21. The van der Waals surface area contributed by atoms with Crippen molar-refractivity contribution in [2.24, 2.45) is 0 Å². The molecule has 1 aromatic carbocycles. The van der Waals surface area contributed by atoms with E-state index < -0.39 is 11.5 Å². The predicted octanol–water partition coefficient (Wildman–Crippen LogP) is 2.18. The van der Waals surface area contributed by atoms with Gasteiger partial charge in [-0.1, -0.05) is 19.1 Å². The monoisotopic (exact) mass is 300 g/mol. The zero-order chi connectivity index (χ0) is 15.9. The molecule has 2 heterocycles.